The predicted octanol–water partition coefficient (Wildman–Crippen LogP) is 2.88. The van der Waals surface area contributed by atoms with Crippen LogP contribution in [0.3, 0.4) is 0 Å². The zero-order chi connectivity index (χ0) is 18.2. The fraction of sp³-hybridized carbons (Fsp3) is 0.118. The molecule has 0 saturated heterocycles. The van der Waals surface area contributed by atoms with Crippen molar-refractivity contribution in [3.8, 4) is 5.75 Å². The standard InChI is InChI=1S/C17H15Cl2N3O3/c1-25-13-4-2-3-11(7-13)9-21-22-16(23)10-20-17(24)14-8-12(18)5-6-15(14)19/h2-9H,10H2,1H3,(H,20,24)(H,22,23)/b21-9-. The summed E-state index contributed by atoms with van der Waals surface area (Å²) in [6.45, 7) is -0.253. The molecule has 2 rings (SSSR count). The van der Waals surface area contributed by atoms with Crippen molar-refractivity contribution in [1.29, 1.82) is 0 Å². The highest BCUT2D eigenvalue weighted by Crippen LogP contribution is 2.20. The van der Waals surface area contributed by atoms with E-state index >= 15 is 0 Å². The van der Waals surface area contributed by atoms with Gasteiger partial charge in [-0.1, -0.05) is 35.3 Å². The maximum absolute atomic E-state index is 12.0. The number of halogens is 2. The van der Waals surface area contributed by atoms with Crippen molar-refractivity contribution < 1.29 is 14.3 Å². The number of hydrogen-bond acceptors (Lipinski definition) is 4. The van der Waals surface area contributed by atoms with Gasteiger partial charge in [-0.2, -0.15) is 5.10 Å². The molecule has 2 aromatic carbocycles. The van der Waals surface area contributed by atoms with Crippen LogP contribution in [0.5, 0.6) is 5.75 Å². The van der Waals surface area contributed by atoms with Crippen molar-refractivity contribution in [3.63, 3.8) is 0 Å². The highest BCUT2D eigenvalue weighted by Gasteiger charge is 2.12. The Kier molecular flexibility index (Phi) is 6.80. The molecule has 2 amide bonds. The van der Waals surface area contributed by atoms with Gasteiger partial charge in [0.2, 0.25) is 0 Å². The summed E-state index contributed by atoms with van der Waals surface area (Å²) in [5, 5.41) is 6.89. The van der Waals surface area contributed by atoms with Gasteiger partial charge in [0, 0.05) is 5.02 Å². The number of benzene rings is 2. The van der Waals surface area contributed by atoms with Crippen molar-refractivity contribution in [2.24, 2.45) is 5.10 Å². The number of nitrogens with one attached hydrogen (secondary N) is 2. The average Bonchev–Trinajstić information content (AvgIpc) is 2.62. The molecule has 8 heteroatoms. The molecule has 0 aliphatic heterocycles. The minimum atomic E-state index is -0.501. The summed E-state index contributed by atoms with van der Waals surface area (Å²) >= 11 is 11.8. The van der Waals surface area contributed by atoms with Gasteiger partial charge >= 0.3 is 0 Å². The van der Waals surface area contributed by atoms with Gasteiger partial charge in [-0.3, -0.25) is 9.59 Å². The van der Waals surface area contributed by atoms with Crippen LogP contribution in [0.4, 0.5) is 0 Å². The van der Waals surface area contributed by atoms with Gasteiger partial charge in [0.25, 0.3) is 11.8 Å². The number of hydrogen-bond donors (Lipinski definition) is 2. The van der Waals surface area contributed by atoms with Crippen LogP contribution < -0.4 is 15.5 Å². The second-order valence-corrected chi connectivity index (χ2v) is 5.72. The minimum Gasteiger partial charge on any atom is -0.497 e. The first kappa shape index (κ1) is 18.8. The third-order valence-corrected chi connectivity index (χ3v) is 3.64. The van der Waals surface area contributed by atoms with E-state index in [1.165, 1.54) is 18.3 Å². The van der Waals surface area contributed by atoms with Crippen LogP contribution in [0.1, 0.15) is 15.9 Å². The summed E-state index contributed by atoms with van der Waals surface area (Å²) in [5.41, 5.74) is 3.27. The molecule has 130 valence electrons. The quantitative estimate of drug-likeness (QED) is 0.598. The number of methoxy groups -OCH3 is 1. The molecule has 6 nitrogen and oxygen atoms in total. The van der Waals surface area contributed by atoms with Crippen molar-refractivity contribution in [1.82, 2.24) is 10.7 Å². The molecule has 0 heterocycles. The van der Waals surface area contributed by atoms with Crippen LogP contribution in [0.15, 0.2) is 47.6 Å². The lowest BCUT2D eigenvalue weighted by molar-refractivity contribution is -0.120. The van der Waals surface area contributed by atoms with Crippen LogP contribution in [-0.2, 0) is 4.79 Å². The maximum atomic E-state index is 12.0. The maximum Gasteiger partial charge on any atom is 0.259 e. The van der Waals surface area contributed by atoms with Crippen LogP contribution in [0, 0.1) is 0 Å². The first-order valence-corrected chi connectivity index (χ1v) is 7.94. The van der Waals surface area contributed by atoms with E-state index in [4.69, 9.17) is 27.9 Å². The van der Waals surface area contributed by atoms with Crippen molar-refractivity contribution >= 4 is 41.2 Å². The molecule has 2 aromatic rings. The Balaban J connectivity index is 1.85. The Bertz CT molecular complexity index is 809. The lowest BCUT2D eigenvalue weighted by atomic mass is 10.2. The molecule has 0 fully saturated rings. The summed E-state index contributed by atoms with van der Waals surface area (Å²) in [7, 11) is 1.56. The molecule has 0 atom stereocenters. The highest BCUT2D eigenvalue weighted by molar-refractivity contribution is 6.35. The van der Waals surface area contributed by atoms with Crippen molar-refractivity contribution in [2.45, 2.75) is 0 Å². The topological polar surface area (TPSA) is 79.8 Å². The van der Waals surface area contributed by atoms with Gasteiger partial charge in [-0.15, -0.1) is 0 Å². The van der Waals surface area contributed by atoms with E-state index in [9.17, 15) is 9.59 Å². The normalized spacial score (nSPS) is 10.5. The van der Waals surface area contributed by atoms with Gasteiger partial charge in [-0.25, -0.2) is 5.43 Å². The monoisotopic (exact) mass is 379 g/mol. The summed E-state index contributed by atoms with van der Waals surface area (Å²) < 4.78 is 5.09. The number of rotatable bonds is 6. The molecule has 0 bridgehead atoms. The number of ether oxygens (including phenoxy) is 1. The minimum absolute atomic E-state index is 0.196. The Morgan fingerprint density at radius 2 is 2.00 bits per heavy atom. The number of amides is 2. The molecule has 0 aromatic heterocycles. The Morgan fingerprint density at radius 1 is 1.20 bits per heavy atom. The first-order chi connectivity index (χ1) is 12.0. The van der Waals surface area contributed by atoms with E-state index in [0.29, 0.717) is 10.8 Å². The van der Waals surface area contributed by atoms with Gasteiger partial charge in [0.1, 0.15) is 5.75 Å². The lowest BCUT2D eigenvalue weighted by Crippen LogP contribution is -2.35. The highest BCUT2D eigenvalue weighted by atomic mass is 35.5. The van der Waals surface area contributed by atoms with E-state index < -0.39 is 11.8 Å². The fourth-order valence-corrected chi connectivity index (χ4v) is 2.24. The number of carbonyl (C=O) groups is 2. The predicted molar refractivity (Wildman–Crippen MR) is 97.5 cm³/mol. The van der Waals surface area contributed by atoms with E-state index in [1.54, 1.807) is 37.4 Å². The van der Waals surface area contributed by atoms with E-state index in [1.807, 2.05) is 0 Å². The van der Waals surface area contributed by atoms with Gasteiger partial charge < -0.3 is 10.1 Å². The van der Waals surface area contributed by atoms with Crippen LogP contribution in [-0.4, -0.2) is 31.7 Å². The largest absolute Gasteiger partial charge is 0.497 e. The lowest BCUT2D eigenvalue weighted by Gasteiger charge is -2.06. The molecule has 2 N–H and O–H groups in total. The number of carbonyl (C=O) groups excluding carboxylic acids is 2. The van der Waals surface area contributed by atoms with Gasteiger partial charge in [0.05, 0.1) is 30.5 Å². The molecule has 0 aliphatic carbocycles. The van der Waals surface area contributed by atoms with Gasteiger partial charge in [0.15, 0.2) is 0 Å². The molecule has 0 aliphatic rings. The third-order valence-electron chi connectivity index (χ3n) is 3.08. The molecule has 0 saturated carbocycles. The number of nitrogens with zero attached hydrogens (tertiary/aromatic N) is 1. The molecule has 0 spiro atoms. The molecule has 0 radical (unpaired) electrons. The van der Waals surface area contributed by atoms with E-state index in [2.05, 4.69) is 15.8 Å². The second-order valence-electron chi connectivity index (χ2n) is 4.88. The second kappa shape index (κ2) is 9.05. The van der Waals surface area contributed by atoms with Crippen LogP contribution in [0.25, 0.3) is 0 Å². The van der Waals surface area contributed by atoms with E-state index in [-0.39, 0.29) is 17.1 Å². The number of hydrazone groups is 1. The van der Waals surface area contributed by atoms with Crippen molar-refractivity contribution in [3.05, 3.63) is 63.6 Å². The molecular weight excluding hydrogens is 365 g/mol. The van der Waals surface area contributed by atoms with Crippen molar-refractivity contribution in [2.75, 3.05) is 13.7 Å². The SMILES string of the molecule is COc1cccc(/C=N\NC(=O)CNC(=O)c2cc(Cl)ccc2Cl)c1. The zero-order valence-electron chi connectivity index (χ0n) is 13.3. The smallest absolute Gasteiger partial charge is 0.259 e. The molecular formula is C17H15Cl2N3O3. The summed E-state index contributed by atoms with van der Waals surface area (Å²) in [6, 6.07) is 11.7. The Labute approximate surface area is 154 Å². The molecule has 0 unspecified atom stereocenters. The van der Waals surface area contributed by atoms with E-state index in [0.717, 1.165) is 5.56 Å². The Hall–Kier alpha value is -2.57. The average molecular weight is 380 g/mol. The summed E-state index contributed by atoms with van der Waals surface area (Å²) in [5.74, 6) is -0.300. The van der Waals surface area contributed by atoms with Crippen LogP contribution in [0.2, 0.25) is 10.0 Å². The first-order valence-electron chi connectivity index (χ1n) is 7.19. The fourth-order valence-electron chi connectivity index (χ4n) is 1.87. The molecule has 25 heavy (non-hydrogen) atoms. The van der Waals surface area contributed by atoms with Crippen LogP contribution >= 0.6 is 23.2 Å². The summed E-state index contributed by atoms with van der Waals surface area (Å²) in [6.07, 6.45) is 1.47. The zero-order valence-corrected chi connectivity index (χ0v) is 14.8. The third kappa shape index (κ3) is 5.77. The van der Waals surface area contributed by atoms with Gasteiger partial charge in [-0.05, 0) is 35.9 Å². The summed E-state index contributed by atoms with van der Waals surface area (Å²) in [4.78, 5) is 23.7. The Morgan fingerprint density at radius 3 is 2.76 bits per heavy atom.